The van der Waals surface area contributed by atoms with Gasteiger partial charge < -0.3 is 10.6 Å². The molecule has 0 aromatic heterocycles. The van der Waals surface area contributed by atoms with Crippen molar-refractivity contribution < 1.29 is 4.39 Å². The Bertz CT molecular complexity index is 386. The van der Waals surface area contributed by atoms with Crippen LogP contribution in [0.25, 0.3) is 0 Å². The number of halogens is 1. The van der Waals surface area contributed by atoms with Crippen molar-refractivity contribution >= 4 is 5.69 Å². The van der Waals surface area contributed by atoms with Crippen molar-refractivity contribution in [3.63, 3.8) is 0 Å². The third-order valence-corrected chi connectivity index (χ3v) is 3.85. The van der Waals surface area contributed by atoms with Crippen molar-refractivity contribution in [1.82, 2.24) is 0 Å². The lowest BCUT2D eigenvalue weighted by atomic mass is 10.0. The molecule has 19 heavy (non-hydrogen) atoms. The van der Waals surface area contributed by atoms with Gasteiger partial charge in [0.05, 0.1) is 5.69 Å². The molecule has 0 amide bonds. The molecule has 0 unspecified atom stereocenters. The van der Waals surface area contributed by atoms with Crippen LogP contribution in [-0.4, -0.2) is 13.1 Å². The largest absolute Gasteiger partial charge is 0.369 e. The van der Waals surface area contributed by atoms with Crippen LogP contribution in [0.4, 0.5) is 10.1 Å². The fourth-order valence-corrected chi connectivity index (χ4v) is 2.32. The van der Waals surface area contributed by atoms with Crippen LogP contribution in [0.15, 0.2) is 18.2 Å². The summed E-state index contributed by atoms with van der Waals surface area (Å²) in [5.41, 5.74) is 7.33. The highest BCUT2D eigenvalue weighted by atomic mass is 19.1. The van der Waals surface area contributed by atoms with Crippen molar-refractivity contribution in [2.24, 2.45) is 11.7 Å². The first-order valence-electron chi connectivity index (χ1n) is 7.33. The van der Waals surface area contributed by atoms with Gasteiger partial charge in [-0.25, -0.2) is 4.39 Å². The normalized spacial score (nSPS) is 12.8. The Hall–Kier alpha value is -1.09. The van der Waals surface area contributed by atoms with E-state index in [-0.39, 0.29) is 11.9 Å². The zero-order valence-corrected chi connectivity index (χ0v) is 12.6. The van der Waals surface area contributed by atoms with E-state index in [1.807, 2.05) is 19.1 Å². The predicted octanol–water partition coefficient (Wildman–Crippen LogP) is 4.11. The molecule has 3 heteroatoms. The highest BCUT2D eigenvalue weighted by Crippen LogP contribution is 2.24. The number of hydrogen-bond acceptors (Lipinski definition) is 2. The number of nitrogens with two attached hydrogens (primary N) is 1. The van der Waals surface area contributed by atoms with E-state index in [1.165, 1.54) is 0 Å². The molecule has 2 nitrogen and oxygen atoms in total. The smallest absolute Gasteiger partial charge is 0.146 e. The summed E-state index contributed by atoms with van der Waals surface area (Å²) in [4.78, 5) is 2.12. The third-order valence-electron chi connectivity index (χ3n) is 3.85. The minimum absolute atomic E-state index is 0.127. The Labute approximate surface area is 116 Å². The van der Waals surface area contributed by atoms with Crippen molar-refractivity contribution in [3.8, 4) is 0 Å². The highest BCUT2D eigenvalue weighted by molar-refractivity contribution is 5.49. The average molecular weight is 266 g/mol. The molecule has 0 bridgehead atoms. The number of benzene rings is 1. The van der Waals surface area contributed by atoms with Gasteiger partial charge in [0, 0.05) is 19.1 Å². The molecular weight excluding hydrogens is 239 g/mol. The van der Waals surface area contributed by atoms with Gasteiger partial charge in [0.15, 0.2) is 0 Å². The maximum absolute atomic E-state index is 14.2. The summed E-state index contributed by atoms with van der Waals surface area (Å²) in [7, 11) is 0. The van der Waals surface area contributed by atoms with E-state index in [0.717, 1.165) is 31.5 Å². The molecule has 0 fully saturated rings. The second-order valence-electron chi connectivity index (χ2n) is 5.22. The minimum Gasteiger partial charge on any atom is -0.369 e. The summed E-state index contributed by atoms with van der Waals surface area (Å²) in [6, 6.07) is 5.23. The van der Waals surface area contributed by atoms with E-state index < -0.39 is 0 Å². The molecule has 0 saturated heterocycles. The van der Waals surface area contributed by atoms with Gasteiger partial charge in [0.1, 0.15) is 5.82 Å². The average Bonchev–Trinajstić information content (AvgIpc) is 2.41. The molecule has 0 aliphatic heterocycles. The van der Waals surface area contributed by atoms with Crippen LogP contribution in [0.2, 0.25) is 0 Å². The first-order chi connectivity index (χ1) is 9.03. The van der Waals surface area contributed by atoms with E-state index in [1.54, 1.807) is 6.07 Å². The lowest BCUT2D eigenvalue weighted by Gasteiger charge is -2.28. The molecule has 0 spiro atoms. The van der Waals surface area contributed by atoms with Crippen LogP contribution >= 0.6 is 0 Å². The summed E-state index contributed by atoms with van der Waals surface area (Å²) >= 11 is 0. The number of hydrogen-bond donors (Lipinski definition) is 1. The van der Waals surface area contributed by atoms with Gasteiger partial charge in [-0.3, -0.25) is 0 Å². The molecule has 2 N–H and O–H groups in total. The van der Waals surface area contributed by atoms with Crippen molar-refractivity contribution in [2.45, 2.75) is 46.6 Å². The Morgan fingerprint density at radius 3 is 2.26 bits per heavy atom. The molecule has 1 aromatic rings. The predicted molar refractivity (Wildman–Crippen MR) is 81.0 cm³/mol. The van der Waals surface area contributed by atoms with Gasteiger partial charge >= 0.3 is 0 Å². The lowest BCUT2D eigenvalue weighted by molar-refractivity contribution is 0.481. The van der Waals surface area contributed by atoms with Gasteiger partial charge in [0.25, 0.3) is 0 Å². The first kappa shape index (κ1) is 16.0. The maximum Gasteiger partial charge on any atom is 0.146 e. The summed E-state index contributed by atoms with van der Waals surface area (Å²) in [5.74, 6) is 0.454. The van der Waals surface area contributed by atoms with Gasteiger partial charge in [0.2, 0.25) is 0 Å². The van der Waals surface area contributed by atoms with Crippen LogP contribution in [0.1, 0.15) is 52.1 Å². The third kappa shape index (κ3) is 4.20. The first-order valence-corrected chi connectivity index (χ1v) is 7.33. The molecular formula is C16H27FN2. The Balaban J connectivity index is 2.92. The van der Waals surface area contributed by atoms with Gasteiger partial charge in [-0.2, -0.15) is 0 Å². The summed E-state index contributed by atoms with van der Waals surface area (Å²) in [6.45, 7) is 10.1. The molecule has 1 rings (SSSR count). The highest BCUT2D eigenvalue weighted by Gasteiger charge is 2.15. The van der Waals surface area contributed by atoms with Crippen LogP contribution in [-0.2, 0) is 0 Å². The quantitative estimate of drug-likeness (QED) is 0.804. The second-order valence-corrected chi connectivity index (χ2v) is 5.22. The summed E-state index contributed by atoms with van der Waals surface area (Å²) in [5, 5.41) is 0. The van der Waals surface area contributed by atoms with Gasteiger partial charge in [-0.05, 0) is 37.5 Å². The zero-order valence-electron chi connectivity index (χ0n) is 12.6. The Morgan fingerprint density at radius 1 is 1.21 bits per heavy atom. The van der Waals surface area contributed by atoms with Crippen molar-refractivity contribution in [3.05, 3.63) is 29.6 Å². The fraction of sp³-hybridized carbons (Fsp3) is 0.625. The standard InChI is InChI=1S/C16H27FN2/c1-5-13(6-2)11-19(7-3)16-9-8-14(12(4)18)10-15(16)17/h8-10,12-13H,5-7,11,18H2,1-4H3/t12-/m1/s1. The molecule has 0 heterocycles. The monoisotopic (exact) mass is 266 g/mol. The van der Waals surface area contributed by atoms with Crippen LogP contribution in [0.5, 0.6) is 0 Å². The van der Waals surface area contributed by atoms with Crippen molar-refractivity contribution in [1.29, 1.82) is 0 Å². The zero-order chi connectivity index (χ0) is 14.4. The molecule has 0 radical (unpaired) electrons. The van der Waals surface area contributed by atoms with E-state index in [2.05, 4.69) is 25.7 Å². The van der Waals surface area contributed by atoms with Gasteiger partial charge in [-0.1, -0.05) is 32.8 Å². The van der Waals surface area contributed by atoms with E-state index in [9.17, 15) is 4.39 Å². The molecule has 1 aromatic carbocycles. The van der Waals surface area contributed by atoms with E-state index >= 15 is 0 Å². The Morgan fingerprint density at radius 2 is 1.84 bits per heavy atom. The minimum atomic E-state index is -0.164. The fourth-order valence-electron chi connectivity index (χ4n) is 2.32. The Kier molecular flexibility index (Phi) is 6.29. The topological polar surface area (TPSA) is 29.3 Å². The molecule has 108 valence electrons. The number of rotatable bonds is 7. The second kappa shape index (κ2) is 7.49. The van der Waals surface area contributed by atoms with E-state index in [0.29, 0.717) is 11.6 Å². The molecule has 0 aliphatic carbocycles. The lowest BCUT2D eigenvalue weighted by Crippen LogP contribution is -2.29. The number of nitrogens with zero attached hydrogens (tertiary/aromatic N) is 1. The molecule has 0 saturated carbocycles. The number of anilines is 1. The van der Waals surface area contributed by atoms with Crippen molar-refractivity contribution in [2.75, 3.05) is 18.0 Å². The SMILES string of the molecule is CCC(CC)CN(CC)c1ccc([C@@H](C)N)cc1F. The van der Waals surface area contributed by atoms with Crippen LogP contribution < -0.4 is 10.6 Å². The summed E-state index contributed by atoms with van der Waals surface area (Å²) < 4.78 is 14.2. The van der Waals surface area contributed by atoms with Crippen LogP contribution in [0.3, 0.4) is 0 Å². The molecule has 1 atom stereocenters. The molecule has 0 aliphatic rings. The van der Waals surface area contributed by atoms with E-state index in [4.69, 9.17) is 5.73 Å². The van der Waals surface area contributed by atoms with Gasteiger partial charge in [-0.15, -0.1) is 0 Å². The summed E-state index contributed by atoms with van der Waals surface area (Å²) in [6.07, 6.45) is 2.26. The van der Waals surface area contributed by atoms with Crippen LogP contribution in [0, 0.1) is 11.7 Å². The maximum atomic E-state index is 14.2.